The van der Waals surface area contributed by atoms with Crippen molar-refractivity contribution in [3.8, 4) is 0 Å². The minimum absolute atomic E-state index is 0.00245. The molecule has 1 saturated heterocycles. The summed E-state index contributed by atoms with van der Waals surface area (Å²) in [6.45, 7) is 9.10. The van der Waals surface area contributed by atoms with E-state index in [-0.39, 0.29) is 23.7 Å². The number of halogens is 1. The molecule has 1 atom stereocenters. The molecule has 1 aromatic heterocycles. The topological polar surface area (TPSA) is 50.2 Å². The van der Waals surface area contributed by atoms with Gasteiger partial charge in [0.2, 0.25) is 5.91 Å². The highest BCUT2D eigenvalue weighted by Gasteiger charge is 2.24. The number of nitrogens with zero attached hydrogens (tertiary/aromatic N) is 3. The zero-order valence-electron chi connectivity index (χ0n) is 15.3. The Hall–Kier alpha value is -1.95. The first-order chi connectivity index (χ1) is 12.0. The molecule has 0 saturated carbocycles. The molecule has 1 aliphatic heterocycles. The summed E-state index contributed by atoms with van der Waals surface area (Å²) in [4.78, 5) is 18.8. The third-order valence-electron chi connectivity index (χ3n) is 4.87. The summed E-state index contributed by atoms with van der Waals surface area (Å²) in [5.41, 5.74) is 1.29. The van der Waals surface area contributed by atoms with Gasteiger partial charge in [-0.3, -0.25) is 9.69 Å². The number of hydrogen-bond donors (Lipinski definition) is 1. The van der Waals surface area contributed by atoms with Gasteiger partial charge in [0.15, 0.2) is 5.82 Å². The standard InChI is InChI=1S/C19H27FN4O/c1-4-24-16-9-5-8-15(20)18(16)22-17(24)12-23-10-6-7-14(11-23)21-19(25)13(2)3/h5,8-9,13-14H,4,6-7,10-12H2,1-3H3,(H,21,25)/t14-/m1/s1. The summed E-state index contributed by atoms with van der Waals surface area (Å²) in [6.07, 6.45) is 2.05. The minimum Gasteiger partial charge on any atom is -0.352 e. The predicted molar refractivity (Wildman–Crippen MR) is 96.6 cm³/mol. The van der Waals surface area contributed by atoms with Gasteiger partial charge in [-0.2, -0.15) is 0 Å². The Morgan fingerprint density at radius 1 is 1.44 bits per heavy atom. The minimum atomic E-state index is -0.272. The summed E-state index contributed by atoms with van der Waals surface area (Å²) in [6, 6.07) is 5.28. The lowest BCUT2D eigenvalue weighted by atomic mass is 10.0. The van der Waals surface area contributed by atoms with Gasteiger partial charge in [0.25, 0.3) is 0 Å². The van der Waals surface area contributed by atoms with Crippen molar-refractivity contribution in [2.75, 3.05) is 13.1 Å². The lowest BCUT2D eigenvalue weighted by molar-refractivity contribution is -0.125. The molecule has 5 nitrogen and oxygen atoms in total. The highest BCUT2D eigenvalue weighted by Crippen LogP contribution is 2.21. The number of para-hydroxylation sites is 1. The quantitative estimate of drug-likeness (QED) is 0.906. The van der Waals surface area contributed by atoms with E-state index >= 15 is 0 Å². The van der Waals surface area contributed by atoms with Crippen LogP contribution in [0.1, 0.15) is 39.4 Å². The number of amides is 1. The number of likely N-dealkylation sites (tertiary alicyclic amines) is 1. The van der Waals surface area contributed by atoms with E-state index in [1.54, 1.807) is 6.07 Å². The molecule has 1 aliphatic rings. The first-order valence-electron chi connectivity index (χ1n) is 9.16. The number of benzene rings is 1. The van der Waals surface area contributed by atoms with E-state index in [4.69, 9.17) is 0 Å². The number of imidazole rings is 1. The van der Waals surface area contributed by atoms with Crippen molar-refractivity contribution in [2.24, 2.45) is 5.92 Å². The lowest BCUT2D eigenvalue weighted by Gasteiger charge is -2.33. The van der Waals surface area contributed by atoms with Gasteiger partial charge in [-0.05, 0) is 38.4 Å². The third-order valence-corrected chi connectivity index (χ3v) is 4.87. The van der Waals surface area contributed by atoms with Gasteiger partial charge < -0.3 is 9.88 Å². The van der Waals surface area contributed by atoms with E-state index < -0.39 is 0 Å². The molecular formula is C19H27FN4O. The van der Waals surface area contributed by atoms with Crippen LogP contribution in [0.25, 0.3) is 11.0 Å². The molecule has 0 aliphatic carbocycles. The second-order valence-electron chi connectivity index (χ2n) is 7.12. The Morgan fingerprint density at radius 3 is 2.96 bits per heavy atom. The Bertz CT molecular complexity index is 755. The number of aromatic nitrogens is 2. The molecule has 136 valence electrons. The van der Waals surface area contributed by atoms with Crippen molar-refractivity contribution in [3.63, 3.8) is 0 Å². The summed E-state index contributed by atoms with van der Waals surface area (Å²) in [5.74, 6) is 0.725. The first-order valence-corrected chi connectivity index (χ1v) is 9.16. The summed E-state index contributed by atoms with van der Waals surface area (Å²) < 4.78 is 16.1. The monoisotopic (exact) mass is 346 g/mol. The zero-order chi connectivity index (χ0) is 18.0. The number of carbonyl (C=O) groups is 1. The SMILES string of the molecule is CCn1c(CN2CCC[C@@H](NC(=O)C(C)C)C2)nc2c(F)cccc21. The number of piperidine rings is 1. The fourth-order valence-corrected chi connectivity index (χ4v) is 3.52. The summed E-state index contributed by atoms with van der Waals surface area (Å²) in [7, 11) is 0. The predicted octanol–water partition coefficient (Wildman–Crippen LogP) is 2.93. The molecule has 0 spiro atoms. The van der Waals surface area contributed by atoms with Gasteiger partial charge in [-0.25, -0.2) is 9.37 Å². The molecule has 1 aromatic carbocycles. The van der Waals surface area contributed by atoms with E-state index in [0.717, 1.165) is 43.8 Å². The molecule has 1 N–H and O–H groups in total. The molecule has 25 heavy (non-hydrogen) atoms. The zero-order valence-corrected chi connectivity index (χ0v) is 15.3. The maximum absolute atomic E-state index is 14.0. The molecule has 3 rings (SSSR count). The Labute approximate surface area is 148 Å². The molecule has 1 amide bonds. The molecule has 1 fully saturated rings. The van der Waals surface area contributed by atoms with Crippen molar-refractivity contribution in [2.45, 2.75) is 52.7 Å². The average Bonchev–Trinajstić information content (AvgIpc) is 2.93. The maximum atomic E-state index is 14.0. The van der Waals surface area contributed by atoms with Crippen LogP contribution >= 0.6 is 0 Å². The smallest absolute Gasteiger partial charge is 0.222 e. The van der Waals surface area contributed by atoms with Crippen LogP contribution in [0.4, 0.5) is 4.39 Å². The van der Waals surface area contributed by atoms with Crippen molar-refractivity contribution >= 4 is 16.9 Å². The Kier molecular flexibility index (Phi) is 5.37. The molecule has 2 heterocycles. The number of nitrogens with one attached hydrogen (secondary N) is 1. The molecule has 6 heteroatoms. The van der Waals surface area contributed by atoms with Crippen molar-refractivity contribution < 1.29 is 9.18 Å². The van der Waals surface area contributed by atoms with Crippen LogP contribution in [0.5, 0.6) is 0 Å². The van der Waals surface area contributed by atoms with Gasteiger partial charge in [0.05, 0.1) is 12.1 Å². The lowest BCUT2D eigenvalue weighted by Crippen LogP contribution is -2.48. The fraction of sp³-hybridized carbons (Fsp3) is 0.579. The largest absolute Gasteiger partial charge is 0.352 e. The number of aryl methyl sites for hydroxylation is 1. The summed E-state index contributed by atoms with van der Waals surface area (Å²) in [5, 5.41) is 3.13. The van der Waals surface area contributed by atoms with Crippen molar-refractivity contribution in [1.82, 2.24) is 19.8 Å². The van der Waals surface area contributed by atoms with Crippen LogP contribution < -0.4 is 5.32 Å². The molecule has 0 bridgehead atoms. The molecular weight excluding hydrogens is 319 g/mol. The van der Waals surface area contributed by atoms with Gasteiger partial charge in [0, 0.05) is 25.0 Å². The van der Waals surface area contributed by atoms with Gasteiger partial charge in [0.1, 0.15) is 11.3 Å². The van der Waals surface area contributed by atoms with E-state index in [9.17, 15) is 9.18 Å². The number of carbonyl (C=O) groups excluding carboxylic acids is 1. The highest BCUT2D eigenvalue weighted by molar-refractivity contribution is 5.78. The van der Waals surface area contributed by atoms with Crippen LogP contribution in [0.15, 0.2) is 18.2 Å². The van der Waals surface area contributed by atoms with E-state index in [1.165, 1.54) is 6.07 Å². The van der Waals surface area contributed by atoms with Crippen molar-refractivity contribution in [1.29, 1.82) is 0 Å². The Balaban J connectivity index is 1.74. The van der Waals surface area contributed by atoms with Crippen molar-refractivity contribution in [3.05, 3.63) is 29.8 Å². The molecule has 2 aromatic rings. The number of hydrogen-bond acceptors (Lipinski definition) is 3. The maximum Gasteiger partial charge on any atom is 0.222 e. The average molecular weight is 346 g/mol. The van der Waals surface area contributed by atoms with Crippen LogP contribution in [-0.4, -0.2) is 39.5 Å². The van der Waals surface area contributed by atoms with E-state index in [0.29, 0.717) is 12.1 Å². The highest BCUT2D eigenvalue weighted by atomic mass is 19.1. The van der Waals surface area contributed by atoms with Crippen LogP contribution in [-0.2, 0) is 17.9 Å². The number of rotatable bonds is 5. The molecule has 0 unspecified atom stereocenters. The van der Waals surface area contributed by atoms with Crippen LogP contribution in [0.3, 0.4) is 0 Å². The van der Waals surface area contributed by atoms with Gasteiger partial charge >= 0.3 is 0 Å². The van der Waals surface area contributed by atoms with Crippen LogP contribution in [0.2, 0.25) is 0 Å². The second kappa shape index (κ2) is 7.52. The van der Waals surface area contributed by atoms with Gasteiger partial charge in [-0.15, -0.1) is 0 Å². The van der Waals surface area contributed by atoms with Crippen LogP contribution in [0, 0.1) is 11.7 Å². The second-order valence-corrected chi connectivity index (χ2v) is 7.12. The number of fused-ring (bicyclic) bond motifs is 1. The molecule has 0 radical (unpaired) electrons. The van der Waals surface area contributed by atoms with E-state index in [1.807, 2.05) is 19.9 Å². The normalized spacial score (nSPS) is 18.8. The van der Waals surface area contributed by atoms with Gasteiger partial charge in [-0.1, -0.05) is 19.9 Å². The fourth-order valence-electron chi connectivity index (χ4n) is 3.52. The van der Waals surface area contributed by atoms with E-state index in [2.05, 4.69) is 26.7 Å². The third kappa shape index (κ3) is 3.84. The first kappa shape index (κ1) is 17.9. The summed E-state index contributed by atoms with van der Waals surface area (Å²) >= 11 is 0. The Morgan fingerprint density at radius 2 is 2.24 bits per heavy atom.